The smallest absolute Gasteiger partial charge is 0.122 e. The van der Waals surface area contributed by atoms with E-state index in [9.17, 15) is 0 Å². The molecule has 2 aliphatic heterocycles. The van der Waals surface area contributed by atoms with Gasteiger partial charge in [-0.15, -0.1) is 0 Å². The largest absolute Gasteiger partial charge is 0.357 e. The maximum atomic E-state index is 4.06. The molecule has 1 atom stereocenters. The van der Waals surface area contributed by atoms with Gasteiger partial charge in [0.25, 0.3) is 0 Å². The van der Waals surface area contributed by atoms with Crippen molar-refractivity contribution in [3.8, 4) is 11.3 Å². The Morgan fingerprint density at radius 2 is 1.30 bits per heavy atom. The number of fused-ring (bicyclic) bond motifs is 5. The molecule has 1 saturated heterocycles. The van der Waals surface area contributed by atoms with Crippen molar-refractivity contribution >= 4 is 28.6 Å². The number of anilines is 1. The van der Waals surface area contributed by atoms with Crippen molar-refractivity contribution in [2.75, 3.05) is 4.90 Å². The first-order valence-electron chi connectivity index (χ1n) is 14.3. The van der Waals surface area contributed by atoms with Crippen molar-refractivity contribution in [2.45, 2.75) is 51.2 Å². The quantitative estimate of drug-likeness (QED) is 0.217. The lowest BCUT2D eigenvalue weighted by Gasteiger charge is -2.36. The highest BCUT2D eigenvalue weighted by Gasteiger charge is 2.62. The lowest BCUT2D eigenvalue weighted by Crippen LogP contribution is -2.36. The number of allylic oxidation sites excluding steroid dienone is 1. The molecule has 0 bridgehead atoms. The van der Waals surface area contributed by atoms with Crippen molar-refractivity contribution < 1.29 is 0 Å². The second-order valence-corrected chi connectivity index (χ2v) is 12.2. The van der Waals surface area contributed by atoms with Gasteiger partial charge in [0.1, 0.15) is 5.54 Å². The summed E-state index contributed by atoms with van der Waals surface area (Å²) < 4.78 is 2.50. The van der Waals surface area contributed by atoms with E-state index in [1.807, 2.05) is 6.08 Å². The molecule has 0 aliphatic carbocycles. The summed E-state index contributed by atoms with van der Waals surface area (Å²) in [5, 5.41) is 5.02. The van der Waals surface area contributed by atoms with Crippen LogP contribution in [0.3, 0.4) is 0 Å². The van der Waals surface area contributed by atoms with Crippen LogP contribution in [0.1, 0.15) is 51.3 Å². The fourth-order valence-corrected chi connectivity index (χ4v) is 7.55. The molecule has 1 unspecified atom stereocenters. The summed E-state index contributed by atoms with van der Waals surface area (Å²) in [4.78, 5) is 2.53. The summed E-state index contributed by atoms with van der Waals surface area (Å²) >= 11 is 0. The molecular weight excluding hydrogens is 484 g/mol. The van der Waals surface area contributed by atoms with E-state index in [2.05, 4.69) is 160 Å². The van der Waals surface area contributed by atoms with Gasteiger partial charge in [0.15, 0.2) is 0 Å². The molecule has 2 aliphatic rings. The summed E-state index contributed by atoms with van der Waals surface area (Å²) in [6.45, 7) is 15.5. The summed E-state index contributed by atoms with van der Waals surface area (Å²) in [6, 6.07) is 33.8. The molecule has 2 heteroatoms. The number of rotatable bonds is 4. The van der Waals surface area contributed by atoms with Crippen LogP contribution in [-0.4, -0.2) is 15.6 Å². The minimum absolute atomic E-state index is 0.138. The van der Waals surface area contributed by atoms with E-state index in [0.717, 1.165) is 0 Å². The minimum Gasteiger partial charge on any atom is -0.357 e. The van der Waals surface area contributed by atoms with Gasteiger partial charge in [-0.25, -0.2) is 0 Å². The maximum absolute atomic E-state index is 4.06. The van der Waals surface area contributed by atoms with Crippen molar-refractivity contribution in [1.29, 1.82) is 0 Å². The highest BCUT2D eigenvalue weighted by atomic mass is 15.4. The summed E-state index contributed by atoms with van der Waals surface area (Å²) in [7, 11) is 0. The van der Waals surface area contributed by atoms with Crippen LogP contribution in [0.2, 0.25) is 0 Å². The number of hydrogen-bond acceptors (Lipinski definition) is 1. The molecule has 1 fully saturated rings. The normalized spacial score (nSPS) is 21.0. The first-order chi connectivity index (χ1) is 19.3. The van der Waals surface area contributed by atoms with Crippen LogP contribution in [0, 0.1) is 0 Å². The van der Waals surface area contributed by atoms with Gasteiger partial charge in [0, 0.05) is 23.0 Å². The van der Waals surface area contributed by atoms with E-state index in [1.165, 1.54) is 54.8 Å². The molecule has 198 valence electrons. The van der Waals surface area contributed by atoms with Gasteiger partial charge in [-0.1, -0.05) is 91.5 Å². The first-order valence-corrected chi connectivity index (χ1v) is 14.3. The molecule has 3 heterocycles. The minimum atomic E-state index is -0.512. The number of aromatic nitrogens is 1. The standard InChI is InChI=1S/C38H36N2/c1-7-15-30-29(8-2)34-33-20-14-25-39(33)38(26-16-10-9-11-17-26,35(34)32-19-13-12-18-31(30)32)27-21-23-28(24-22-27)40-36(3,4)37(40,5)6/h7-25H,1H2,2-6H3/b29-8+,30-15+. The molecular formula is C38H36N2. The Morgan fingerprint density at radius 1 is 0.675 bits per heavy atom. The third-order valence-corrected chi connectivity index (χ3v) is 9.90. The molecule has 40 heavy (non-hydrogen) atoms. The third kappa shape index (κ3) is 2.94. The Morgan fingerprint density at radius 3 is 1.93 bits per heavy atom. The van der Waals surface area contributed by atoms with Crippen LogP contribution < -0.4 is 15.3 Å². The molecule has 0 radical (unpaired) electrons. The molecule has 5 aromatic rings. The Labute approximate surface area is 237 Å². The van der Waals surface area contributed by atoms with E-state index in [4.69, 9.17) is 0 Å². The fraction of sp³-hybridized carbons (Fsp3) is 0.211. The van der Waals surface area contributed by atoms with Crippen LogP contribution in [0.5, 0.6) is 0 Å². The summed E-state index contributed by atoms with van der Waals surface area (Å²) in [5.74, 6) is 0. The zero-order chi connectivity index (χ0) is 27.9. The Balaban J connectivity index is 1.63. The van der Waals surface area contributed by atoms with Crippen molar-refractivity contribution in [3.63, 3.8) is 0 Å². The zero-order valence-corrected chi connectivity index (χ0v) is 24.1. The van der Waals surface area contributed by atoms with Crippen LogP contribution in [0.15, 0.2) is 110 Å². The van der Waals surface area contributed by atoms with E-state index in [-0.39, 0.29) is 11.1 Å². The van der Waals surface area contributed by atoms with Crippen LogP contribution in [0.4, 0.5) is 5.69 Å². The van der Waals surface area contributed by atoms with Crippen molar-refractivity contribution in [2.24, 2.45) is 0 Å². The van der Waals surface area contributed by atoms with E-state index >= 15 is 0 Å². The Kier molecular flexibility index (Phi) is 5.16. The maximum Gasteiger partial charge on any atom is 0.122 e. The zero-order valence-electron chi connectivity index (χ0n) is 24.1. The van der Waals surface area contributed by atoms with Crippen LogP contribution in [0.25, 0.3) is 34.2 Å². The number of hydrogen-bond donors (Lipinski definition) is 0. The van der Waals surface area contributed by atoms with E-state index < -0.39 is 5.54 Å². The second kappa shape index (κ2) is 8.35. The molecule has 0 spiro atoms. The van der Waals surface area contributed by atoms with Gasteiger partial charge in [0.2, 0.25) is 0 Å². The lowest BCUT2D eigenvalue weighted by molar-refractivity contribution is 0.549. The molecule has 0 N–H and O–H groups in total. The van der Waals surface area contributed by atoms with E-state index in [1.54, 1.807) is 0 Å². The van der Waals surface area contributed by atoms with Crippen LogP contribution >= 0.6 is 0 Å². The SMILES string of the molecule is C=C/C=c1\c(=C/C)c2c(c3ccccc13)C(c1ccccc1)(c1ccc(N3C(C)(C)C3(C)C)cc1)n1cccc1-2. The van der Waals surface area contributed by atoms with Gasteiger partial charge < -0.3 is 9.47 Å². The van der Waals surface area contributed by atoms with Crippen molar-refractivity contribution in [3.05, 3.63) is 137 Å². The van der Waals surface area contributed by atoms with E-state index in [0.29, 0.717) is 0 Å². The first kappa shape index (κ1) is 24.7. The third-order valence-electron chi connectivity index (χ3n) is 9.90. The second-order valence-electron chi connectivity index (χ2n) is 12.2. The van der Waals surface area contributed by atoms with Crippen LogP contribution in [-0.2, 0) is 5.54 Å². The molecule has 4 aromatic carbocycles. The average molecular weight is 521 g/mol. The molecule has 0 saturated carbocycles. The fourth-order valence-electron chi connectivity index (χ4n) is 7.55. The van der Waals surface area contributed by atoms with Gasteiger partial charge in [-0.2, -0.15) is 0 Å². The predicted molar refractivity (Wildman–Crippen MR) is 170 cm³/mol. The highest BCUT2D eigenvalue weighted by Crippen LogP contribution is 2.55. The highest BCUT2D eigenvalue weighted by molar-refractivity contribution is 5.97. The Hall–Kier alpha value is -4.30. The molecule has 7 rings (SSSR count). The summed E-state index contributed by atoms with van der Waals surface area (Å²) in [6.07, 6.45) is 8.61. The van der Waals surface area contributed by atoms with Gasteiger partial charge >= 0.3 is 0 Å². The monoisotopic (exact) mass is 520 g/mol. The van der Waals surface area contributed by atoms with Gasteiger partial charge in [-0.05, 0) is 91.2 Å². The number of nitrogens with zero attached hydrogens (tertiary/aromatic N) is 2. The van der Waals surface area contributed by atoms with Gasteiger partial charge in [-0.3, -0.25) is 0 Å². The summed E-state index contributed by atoms with van der Waals surface area (Å²) in [5.41, 5.74) is 7.47. The lowest BCUT2D eigenvalue weighted by atomic mass is 9.74. The topological polar surface area (TPSA) is 7.94 Å². The predicted octanol–water partition coefficient (Wildman–Crippen LogP) is 7.61. The molecule has 2 nitrogen and oxygen atoms in total. The van der Waals surface area contributed by atoms with Gasteiger partial charge in [0.05, 0.1) is 16.8 Å². The molecule has 1 aromatic heterocycles. The van der Waals surface area contributed by atoms with Crippen molar-refractivity contribution in [1.82, 2.24) is 4.57 Å². The Bertz CT molecular complexity index is 1910. The molecule has 0 amide bonds. The average Bonchev–Trinajstić information content (AvgIpc) is 3.34. The number of benzene rings is 4.